The van der Waals surface area contributed by atoms with Crippen LogP contribution in [0.4, 0.5) is 0 Å². The standard InChI is InChI=1S/2C5H9N/c1-4-2-6-3-5(1)4;1-2-5-4-6(5)3-1/h4-6H,1-3H2;5H,1-4H2. The smallest absolute Gasteiger partial charge is 0.0224 e. The molecule has 0 aromatic rings. The number of piperidine rings is 2. The van der Waals surface area contributed by atoms with Crippen LogP contribution in [0, 0.1) is 11.8 Å². The van der Waals surface area contributed by atoms with E-state index in [1.807, 2.05) is 0 Å². The Bertz CT molecular complexity index is 145. The fourth-order valence-electron chi connectivity index (χ4n) is 2.57. The van der Waals surface area contributed by atoms with Gasteiger partial charge in [0.05, 0.1) is 0 Å². The Kier molecular flexibility index (Phi) is 1.66. The number of rotatable bonds is 0. The van der Waals surface area contributed by atoms with Crippen molar-refractivity contribution in [3.8, 4) is 0 Å². The normalized spacial score (nSPS) is 52.0. The second-order valence-electron chi connectivity index (χ2n) is 4.71. The lowest BCUT2D eigenvalue weighted by Gasteiger charge is -1.87. The number of fused-ring (bicyclic) bond motifs is 2. The van der Waals surface area contributed by atoms with E-state index in [1.54, 1.807) is 0 Å². The van der Waals surface area contributed by atoms with Gasteiger partial charge in [-0.3, -0.25) is 4.90 Å². The molecule has 0 aromatic heterocycles. The Labute approximate surface area is 74.3 Å². The van der Waals surface area contributed by atoms with Gasteiger partial charge >= 0.3 is 0 Å². The van der Waals surface area contributed by atoms with E-state index in [9.17, 15) is 0 Å². The highest BCUT2D eigenvalue weighted by Crippen LogP contribution is 2.40. The quantitative estimate of drug-likeness (QED) is 0.533. The summed E-state index contributed by atoms with van der Waals surface area (Å²) in [5, 5.41) is 3.32. The Morgan fingerprint density at radius 1 is 1.17 bits per heavy atom. The molecule has 4 unspecified atom stereocenters. The second-order valence-corrected chi connectivity index (χ2v) is 4.71. The zero-order valence-electron chi connectivity index (χ0n) is 7.63. The van der Waals surface area contributed by atoms with E-state index >= 15 is 0 Å². The summed E-state index contributed by atoms with van der Waals surface area (Å²) in [6, 6.07) is 1.05. The SMILES string of the molecule is C1CC2CN2C1.C1NCC2CC12. The average Bonchev–Trinajstić information content (AvgIpc) is 2.95. The number of nitrogens with zero attached hydrogens (tertiary/aromatic N) is 1. The van der Waals surface area contributed by atoms with Gasteiger partial charge in [0.15, 0.2) is 0 Å². The molecule has 0 amide bonds. The summed E-state index contributed by atoms with van der Waals surface area (Å²) in [4.78, 5) is 2.53. The summed E-state index contributed by atoms with van der Waals surface area (Å²) in [5.41, 5.74) is 0. The molecule has 0 aromatic carbocycles. The van der Waals surface area contributed by atoms with Crippen LogP contribution in [-0.4, -0.2) is 37.1 Å². The summed E-state index contributed by atoms with van der Waals surface area (Å²) < 4.78 is 0. The molecule has 1 saturated carbocycles. The van der Waals surface area contributed by atoms with Gasteiger partial charge in [0.25, 0.3) is 0 Å². The molecule has 12 heavy (non-hydrogen) atoms. The molecule has 1 aliphatic carbocycles. The molecule has 4 atom stereocenters. The topological polar surface area (TPSA) is 15.0 Å². The van der Waals surface area contributed by atoms with Gasteiger partial charge in [-0.25, -0.2) is 0 Å². The molecule has 3 saturated heterocycles. The van der Waals surface area contributed by atoms with E-state index in [0.717, 1.165) is 17.9 Å². The fraction of sp³-hybridized carbons (Fsp3) is 1.00. The van der Waals surface area contributed by atoms with Crippen molar-refractivity contribution in [1.29, 1.82) is 0 Å². The molecular formula is C10H18N2. The monoisotopic (exact) mass is 166 g/mol. The van der Waals surface area contributed by atoms with Crippen molar-refractivity contribution >= 4 is 0 Å². The van der Waals surface area contributed by atoms with E-state index in [1.165, 1.54) is 45.4 Å². The van der Waals surface area contributed by atoms with Gasteiger partial charge in [-0.1, -0.05) is 0 Å². The predicted octanol–water partition coefficient (Wildman–Crippen LogP) is 0.690. The van der Waals surface area contributed by atoms with Crippen LogP contribution in [0.3, 0.4) is 0 Å². The third-order valence-corrected chi connectivity index (χ3v) is 3.69. The van der Waals surface area contributed by atoms with E-state index in [-0.39, 0.29) is 0 Å². The first-order valence-electron chi connectivity index (χ1n) is 5.38. The zero-order chi connectivity index (χ0) is 7.97. The molecule has 0 spiro atoms. The van der Waals surface area contributed by atoms with E-state index in [0.29, 0.717) is 0 Å². The van der Waals surface area contributed by atoms with Crippen molar-refractivity contribution < 1.29 is 0 Å². The maximum atomic E-state index is 3.32. The van der Waals surface area contributed by atoms with Crippen LogP contribution in [-0.2, 0) is 0 Å². The molecule has 4 rings (SSSR count). The van der Waals surface area contributed by atoms with Gasteiger partial charge in [-0.05, 0) is 50.7 Å². The van der Waals surface area contributed by atoms with Gasteiger partial charge in [0.1, 0.15) is 0 Å². The summed E-state index contributed by atoms with van der Waals surface area (Å²) >= 11 is 0. The molecule has 1 N–H and O–H groups in total. The molecule has 3 heterocycles. The predicted molar refractivity (Wildman–Crippen MR) is 49.1 cm³/mol. The second kappa shape index (κ2) is 2.71. The fourth-order valence-corrected chi connectivity index (χ4v) is 2.57. The first kappa shape index (κ1) is 7.34. The molecule has 0 radical (unpaired) electrons. The van der Waals surface area contributed by atoms with Crippen molar-refractivity contribution in [3.05, 3.63) is 0 Å². The van der Waals surface area contributed by atoms with Crippen LogP contribution in [0.15, 0.2) is 0 Å². The van der Waals surface area contributed by atoms with Gasteiger partial charge in [-0.15, -0.1) is 0 Å². The van der Waals surface area contributed by atoms with Gasteiger partial charge in [-0.2, -0.15) is 0 Å². The van der Waals surface area contributed by atoms with Gasteiger partial charge in [0.2, 0.25) is 0 Å². The lowest BCUT2D eigenvalue weighted by Crippen LogP contribution is -2.10. The minimum absolute atomic E-state index is 1.05. The van der Waals surface area contributed by atoms with Crippen molar-refractivity contribution in [2.45, 2.75) is 25.3 Å². The van der Waals surface area contributed by atoms with E-state index < -0.39 is 0 Å². The van der Waals surface area contributed by atoms with Crippen molar-refractivity contribution in [3.63, 3.8) is 0 Å². The van der Waals surface area contributed by atoms with Crippen LogP contribution < -0.4 is 5.32 Å². The largest absolute Gasteiger partial charge is 0.316 e. The maximum Gasteiger partial charge on any atom is 0.0224 e. The highest BCUT2D eigenvalue weighted by atomic mass is 15.3. The lowest BCUT2D eigenvalue weighted by atomic mass is 10.3. The Morgan fingerprint density at radius 2 is 2.00 bits per heavy atom. The van der Waals surface area contributed by atoms with Gasteiger partial charge < -0.3 is 5.32 Å². The Balaban J connectivity index is 0.0000000817. The van der Waals surface area contributed by atoms with Crippen LogP contribution in [0.2, 0.25) is 0 Å². The minimum atomic E-state index is 1.05. The molecule has 4 fully saturated rings. The first-order chi connectivity index (χ1) is 5.93. The molecule has 68 valence electrons. The average molecular weight is 166 g/mol. The van der Waals surface area contributed by atoms with Crippen molar-refractivity contribution in [1.82, 2.24) is 10.2 Å². The van der Waals surface area contributed by atoms with Crippen LogP contribution in [0.5, 0.6) is 0 Å². The third-order valence-electron chi connectivity index (χ3n) is 3.69. The highest BCUT2D eigenvalue weighted by Gasteiger charge is 2.40. The summed E-state index contributed by atoms with van der Waals surface area (Å²) in [5.74, 6) is 2.20. The van der Waals surface area contributed by atoms with Crippen LogP contribution >= 0.6 is 0 Å². The minimum Gasteiger partial charge on any atom is -0.316 e. The number of nitrogens with one attached hydrogen (secondary N) is 1. The Morgan fingerprint density at radius 3 is 2.17 bits per heavy atom. The van der Waals surface area contributed by atoms with E-state index in [4.69, 9.17) is 0 Å². The lowest BCUT2D eigenvalue weighted by molar-refractivity contribution is 0.593. The van der Waals surface area contributed by atoms with Crippen molar-refractivity contribution in [2.24, 2.45) is 11.8 Å². The highest BCUT2D eigenvalue weighted by molar-refractivity contribution is 4.94. The summed E-state index contributed by atoms with van der Waals surface area (Å²) in [6.07, 6.45) is 4.47. The number of hydrogen-bond acceptors (Lipinski definition) is 2. The molecule has 0 bridgehead atoms. The Hall–Kier alpha value is -0.0800. The van der Waals surface area contributed by atoms with Gasteiger partial charge in [0, 0.05) is 12.6 Å². The third kappa shape index (κ3) is 1.38. The number of hydrogen-bond donors (Lipinski definition) is 1. The van der Waals surface area contributed by atoms with Crippen LogP contribution in [0.25, 0.3) is 0 Å². The first-order valence-corrected chi connectivity index (χ1v) is 5.38. The molecule has 2 heteroatoms. The summed E-state index contributed by atoms with van der Waals surface area (Å²) in [6.45, 7) is 5.43. The maximum absolute atomic E-state index is 3.32. The zero-order valence-corrected chi connectivity index (χ0v) is 7.63. The van der Waals surface area contributed by atoms with Crippen molar-refractivity contribution in [2.75, 3.05) is 26.2 Å². The summed E-state index contributed by atoms with van der Waals surface area (Å²) in [7, 11) is 0. The molecule has 4 aliphatic rings. The molecule has 2 nitrogen and oxygen atoms in total. The van der Waals surface area contributed by atoms with E-state index in [2.05, 4.69) is 10.2 Å². The molecular weight excluding hydrogens is 148 g/mol. The molecule has 3 aliphatic heterocycles. The van der Waals surface area contributed by atoms with Crippen LogP contribution in [0.1, 0.15) is 19.3 Å².